The molecule has 8 nitrogen and oxygen atoms in total. The lowest BCUT2D eigenvalue weighted by Gasteiger charge is -2.10. The molecule has 4 aromatic rings. The molecule has 0 aliphatic rings. The lowest BCUT2D eigenvalue weighted by Crippen LogP contribution is -2.33. The molecular formula is C26H21N5O3. The van der Waals surface area contributed by atoms with Gasteiger partial charge in [0.05, 0.1) is 24.1 Å². The van der Waals surface area contributed by atoms with Crippen LogP contribution in [0.1, 0.15) is 10.5 Å². The summed E-state index contributed by atoms with van der Waals surface area (Å²) in [6.07, 6.45) is 4.33. The normalized spacial score (nSPS) is 10.4. The smallest absolute Gasteiger partial charge is 0.270 e. The average molecular weight is 451 g/mol. The summed E-state index contributed by atoms with van der Waals surface area (Å²) in [5, 5.41) is 9.81. The van der Waals surface area contributed by atoms with E-state index in [0.29, 0.717) is 17.1 Å². The second kappa shape index (κ2) is 10.2. The number of amides is 3. The van der Waals surface area contributed by atoms with Crippen LogP contribution >= 0.6 is 0 Å². The highest BCUT2D eigenvalue weighted by atomic mass is 16.2. The van der Waals surface area contributed by atoms with Gasteiger partial charge in [-0.05, 0) is 47.9 Å². The molecule has 3 amide bonds. The van der Waals surface area contributed by atoms with Crippen LogP contribution in [0.5, 0.6) is 0 Å². The number of benzene rings is 2. The number of carbonyl (C=O) groups is 3. The van der Waals surface area contributed by atoms with Gasteiger partial charge in [0, 0.05) is 22.8 Å². The average Bonchev–Trinajstić information content (AvgIpc) is 2.88. The molecule has 0 aliphatic heterocycles. The van der Waals surface area contributed by atoms with Crippen molar-refractivity contribution in [2.45, 2.75) is 0 Å². The summed E-state index contributed by atoms with van der Waals surface area (Å²) < 4.78 is 0. The Morgan fingerprint density at radius 2 is 1.79 bits per heavy atom. The Balaban J connectivity index is 1.51. The van der Waals surface area contributed by atoms with E-state index in [0.717, 1.165) is 16.3 Å². The number of aromatic nitrogens is 2. The summed E-state index contributed by atoms with van der Waals surface area (Å²) in [5.74, 6) is -1.15. The Kier molecular flexibility index (Phi) is 6.69. The van der Waals surface area contributed by atoms with Gasteiger partial charge in [-0.2, -0.15) is 0 Å². The fourth-order valence-corrected chi connectivity index (χ4v) is 3.34. The number of hydrogen-bond donors (Lipinski definition) is 3. The summed E-state index contributed by atoms with van der Waals surface area (Å²) in [6, 6.07) is 19.8. The molecule has 4 rings (SSSR count). The fraction of sp³-hybridized carbons (Fsp3) is 0.0385. The van der Waals surface area contributed by atoms with Crippen molar-refractivity contribution in [3.05, 3.63) is 97.5 Å². The van der Waals surface area contributed by atoms with Crippen molar-refractivity contribution in [1.29, 1.82) is 0 Å². The zero-order chi connectivity index (χ0) is 23.9. The Morgan fingerprint density at radius 3 is 2.59 bits per heavy atom. The van der Waals surface area contributed by atoms with E-state index in [1.165, 1.54) is 12.3 Å². The molecule has 0 bridgehead atoms. The number of fused-ring (bicyclic) bond motifs is 1. The lowest BCUT2D eigenvalue weighted by atomic mass is 10.0. The van der Waals surface area contributed by atoms with Crippen LogP contribution in [-0.4, -0.2) is 34.2 Å². The monoisotopic (exact) mass is 451 g/mol. The SMILES string of the molecule is C=CC(=O)Nc1cccc2ccc(-c3cccc(C(=O)NCC(=O)Nc4cccnc4)n3)cc12. The number of hydrogen-bond acceptors (Lipinski definition) is 5. The zero-order valence-corrected chi connectivity index (χ0v) is 18.1. The number of carbonyl (C=O) groups excluding carboxylic acids is 3. The molecule has 0 unspecified atom stereocenters. The van der Waals surface area contributed by atoms with Gasteiger partial charge in [-0.15, -0.1) is 0 Å². The zero-order valence-electron chi connectivity index (χ0n) is 18.1. The summed E-state index contributed by atoms with van der Waals surface area (Å²) in [5.41, 5.74) is 2.73. The number of rotatable bonds is 7. The van der Waals surface area contributed by atoms with Crippen molar-refractivity contribution in [2.75, 3.05) is 17.2 Å². The van der Waals surface area contributed by atoms with Gasteiger partial charge in [-0.3, -0.25) is 19.4 Å². The van der Waals surface area contributed by atoms with Gasteiger partial charge < -0.3 is 16.0 Å². The first kappa shape index (κ1) is 22.3. The Labute approximate surface area is 195 Å². The first-order chi connectivity index (χ1) is 16.5. The van der Waals surface area contributed by atoms with Gasteiger partial charge >= 0.3 is 0 Å². The van der Waals surface area contributed by atoms with Crippen molar-refractivity contribution in [1.82, 2.24) is 15.3 Å². The highest BCUT2D eigenvalue weighted by Crippen LogP contribution is 2.28. The maximum absolute atomic E-state index is 12.6. The molecule has 0 atom stereocenters. The van der Waals surface area contributed by atoms with Crippen LogP contribution in [0.25, 0.3) is 22.0 Å². The van der Waals surface area contributed by atoms with E-state index in [-0.39, 0.29) is 24.1 Å². The Morgan fingerprint density at radius 1 is 0.941 bits per heavy atom. The molecule has 2 aromatic heterocycles. The third kappa shape index (κ3) is 5.31. The van der Waals surface area contributed by atoms with Crippen molar-refractivity contribution < 1.29 is 14.4 Å². The lowest BCUT2D eigenvalue weighted by molar-refractivity contribution is -0.115. The van der Waals surface area contributed by atoms with E-state index >= 15 is 0 Å². The molecule has 2 aromatic carbocycles. The number of nitrogens with zero attached hydrogens (tertiary/aromatic N) is 2. The van der Waals surface area contributed by atoms with Crippen LogP contribution in [0.3, 0.4) is 0 Å². The van der Waals surface area contributed by atoms with Crippen LogP contribution in [0.2, 0.25) is 0 Å². The van der Waals surface area contributed by atoms with E-state index in [1.807, 2.05) is 30.3 Å². The maximum Gasteiger partial charge on any atom is 0.270 e. The third-order valence-corrected chi connectivity index (χ3v) is 4.96. The van der Waals surface area contributed by atoms with Crippen molar-refractivity contribution in [2.24, 2.45) is 0 Å². The molecule has 3 N–H and O–H groups in total. The highest BCUT2D eigenvalue weighted by molar-refractivity contribution is 6.06. The van der Waals surface area contributed by atoms with E-state index in [9.17, 15) is 14.4 Å². The van der Waals surface area contributed by atoms with Crippen molar-refractivity contribution >= 4 is 39.9 Å². The predicted molar refractivity (Wildman–Crippen MR) is 131 cm³/mol. The first-order valence-corrected chi connectivity index (χ1v) is 10.5. The summed E-state index contributed by atoms with van der Waals surface area (Å²) in [7, 11) is 0. The standard InChI is InChI=1S/C26H21N5O3/c1-2-24(32)31-22-9-3-6-17-11-12-18(14-20(17)22)21-8-4-10-23(30-21)26(34)28-16-25(33)29-19-7-5-13-27-15-19/h2-15H,1,16H2,(H,28,34)(H,29,33)(H,31,32). The molecule has 0 saturated carbocycles. The minimum absolute atomic E-state index is 0.181. The van der Waals surface area contributed by atoms with Crippen molar-refractivity contribution in [3.63, 3.8) is 0 Å². The molecular weight excluding hydrogens is 430 g/mol. The molecule has 0 spiro atoms. The molecule has 0 saturated heterocycles. The van der Waals surface area contributed by atoms with Gasteiger partial charge in [-0.1, -0.05) is 36.9 Å². The molecule has 0 aliphatic carbocycles. The summed E-state index contributed by atoms with van der Waals surface area (Å²) >= 11 is 0. The topological polar surface area (TPSA) is 113 Å². The quantitative estimate of drug-likeness (QED) is 0.370. The fourth-order valence-electron chi connectivity index (χ4n) is 3.34. The van der Waals surface area contributed by atoms with Crippen LogP contribution in [0, 0.1) is 0 Å². The second-order valence-electron chi connectivity index (χ2n) is 7.32. The van der Waals surface area contributed by atoms with E-state index in [1.54, 1.807) is 42.6 Å². The highest BCUT2D eigenvalue weighted by Gasteiger charge is 2.12. The molecule has 0 fully saturated rings. The molecule has 168 valence electrons. The summed E-state index contributed by atoms with van der Waals surface area (Å²) in [4.78, 5) is 44.8. The van der Waals surface area contributed by atoms with E-state index in [4.69, 9.17) is 0 Å². The predicted octanol–water partition coefficient (Wildman–Crippen LogP) is 3.79. The molecule has 34 heavy (non-hydrogen) atoms. The first-order valence-electron chi connectivity index (χ1n) is 10.5. The Bertz CT molecular complexity index is 1390. The Hall–Kier alpha value is -4.85. The van der Waals surface area contributed by atoms with Crippen LogP contribution in [-0.2, 0) is 9.59 Å². The molecule has 0 radical (unpaired) electrons. The third-order valence-electron chi connectivity index (χ3n) is 4.96. The van der Waals surface area contributed by atoms with E-state index in [2.05, 4.69) is 32.5 Å². The van der Waals surface area contributed by atoms with Gasteiger partial charge in [-0.25, -0.2) is 4.98 Å². The largest absolute Gasteiger partial charge is 0.342 e. The molecule has 2 heterocycles. The number of pyridine rings is 2. The van der Waals surface area contributed by atoms with Gasteiger partial charge in [0.1, 0.15) is 5.69 Å². The van der Waals surface area contributed by atoms with Gasteiger partial charge in [0.15, 0.2) is 0 Å². The molecule has 8 heteroatoms. The van der Waals surface area contributed by atoms with E-state index < -0.39 is 5.91 Å². The van der Waals surface area contributed by atoms with Crippen LogP contribution in [0.15, 0.2) is 91.8 Å². The maximum atomic E-state index is 12.6. The minimum atomic E-state index is -0.470. The minimum Gasteiger partial charge on any atom is -0.342 e. The second-order valence-corrected chi connectivity index (χ2v) is 7.32. The van der Waals surface area contributed by atoms with Gasteiger partial charge in [0.25, 0.3) is 5.91 Å². The van der Waals surface area contributed by atoms with Crippen LogP contribution in [0.4, 0.5) is 11.4 Å². The van der Waals surface area contributed by atoms with Crippen LogP contribution < -0.4 is 16.0 Å². The van der Waals surface area contributed by atoms with Gasteiger partial charge in [0.2, 0.25) is 11.8 Å². The van der Waals surface area contributed by atoms with Crippen molar-refractivity contribution in [3.8, 4) is 11.3 Å². The number of anilines is 2. The summed E-state index contributed by atoms with van der Waals surface area (Å²) in [6.45, 7) is 3.28. The number of nitrogens with one attached hydrogen (secondary N) is 3.